The maximum atomic E-state index is 11.7. The number of aliphatic carboxylic acids is 1. The maximum Gasteiger partial charge on any atom is 0.335 e. The van der Waals surface area contributed by atoms with E-state index in [9.17, 15) is 9.59 Å². The molecule has 1 aliphatic rings. The molecule has 1 aliphatic heterocycles. The summed E-state index contributed by atoms with van der Waals surface area (Å²) in [6, 6.07) is 0. The molecule has 0 spiro atoms. The van der Waals surface area contributed by atoms with Crippen LogP contribution in [0.2, 0.25) is 0 Å². The smallest absolute Gasteiger partial charge is 0.335 e. The SMILES string of the molecule is CCCCCCCCCCCCCCCCC(=O)/C=C/C1OC1C(=O)O. The number of rotatable bonds is 18. The van der Waals surface area contributed by atoms with Gasteiger partial charge in [0.15, 0.2) is 11.9 Å². The minimum Gasteiger partial charge on any atom is -0.479 e. The van der Waals surface area contributed by atoms with Gasteiger partial charge in [-0.3, -0.25) is 4.79 Å². The van der Waals surface area contributed by atoms with Gasteiger partial charge in [-0.05, 0) is 18.6 Å². The van der Waals surface area contributed by atoms with E-state index in [4.69, 9.17) is 9.84 Å². The summed E-state index contributed by atoms with van der Waals surface area (Å²) in [5.41, 5.74) is 0. The average molecular weight is 367 g/mol. The highest BCUT2D eigenvalue weighted by atomic mass is 16.6. The molecule has 0 aromatic heterocycles. The van der Waals surface area contributed by atoms with E-state index in [0.717, 1.165) is 12.8 Å². The van der Waals surface area contributed by atoms with Gasteiger partial charge in [-0.1, -0.05) is 90.4 Å². The molecule has 0 amide bonds. The zero-order chi connectivity index (χ0) is 19.0. The fraction of sp³-hybridized carbons (Fsp3) is 0.818. The van der Waals surface area contributed by atoms with Crippen LogP contribution in [0.5, 0.6) is 0 Å². The van der Waals surface area contributed by atoms with Gasteiger partial charge in [0.05, 0.1) is 0 Å². The lowest BCUT2D eigenvalue weighted by atomic mass is 10.0. The second-order valence-corrected chi connectivity index (χ2v) is 7.53. The second kappa shape index (κ2) is 15.0. The van der Waals surface area contributed by atoms with Gasteiger partial charge in [0.1, 0.15) is 6.10 Å². The Kier molecular flexibility index (Phi) is 13.2. The fourth-order valence-electron chi connectivity index (χ4n) is 3.25. The van der Waals surface area contributed by atoms with Crippen LogP contribution in [0.4, 0.5) is 0 Å². The van der Waals surface area contributed by atoms with Crippen LogP contribution in [-0.4, -0.2) is 29.1 Å². The van der Waals surface area contributed by atoms with E-state index in [2.05, 4.69) is 6.92 Å². The minimum atomic E-state index is -0.959. The number of carboxylic acids is 1. The summed E-state index contributed by atoms with van der Waals surface area (Å²) in [6.45, 7) is 2.26. The van der Waals surface area contributed by atoms with Gasteiger partial charge in [-0.2, -0.15) is 0 Å². The van der Waals surface area contributed by atoms with Crippen LogP contribution >= 0.6 is 0 Å². The number of epoxide rings is 1. The highest BCUT2D eigenvalue weighted by Crippen LogP contribution is 2.23. The topological polar surface area (TPSA) is 66.9 Å². The number of hydrogen-bond acceptors (Lipinski definition) is 3. The number of allylic oxidation sites excluding steroid dienone is 1. The lowest BCUT2D eigenvalue weighted by Crippen LogP contribution is -2.06. The lowest BCUT2D eigenvalue weighted by Gasteiger charge is -2.03. The number of ketones is 1. The molecule has 0 saturated carbocycles. The molecular weight excluding hydrogens is 328 g/mol. The van der Waals surface area contributed by atoms with Crippen LogP contribution in [0, 0.1) is 0 Å². The van der Waals surface area contributed by atoms with Gasteiger partial charge in [0.25, 0.3) is 0 Å². The third-order valence-corrected chi connectivity index (χ3v) is 5.02. The molecule has 26 heavy (non-hydrogen) atoms. The van der Waals surface area contributed by atoms with Crippen molar-refractivity contribution in [2.75, 3.05) is 0 Å². The van der Waals surface area contributed by atoms with Crippen LogP contribution < -0.4 is 0 Å². The Balaban J connectivity index is 1.79. The van der Waals surface area contributed by atoms with Crippen molar-refractivity contribution in [2.45, 2.75) is 115 Å². The average Bonchev–Trinajstić information content (AvgIpc) is 3.40. The Hall–Kier alpha value is -1.16. The normalized spacial score (nSPS) is 19.1. The molecule has 1 heterocycles. The summed E-state index contributed by atoms with van der Waals surface area (Å²) >= 11 is 0. The zero-order valence-electron chi connectivity index (χ0n) is 16.6. The zero-order valence-corrected chi connectivity index (χ0v) is 16.6. The van der Waals surface area contributed by atoms with Gasteiger partial charge in [0.2, 0.25) is 0 Å². The number of carbonyl (C=O) groups excluding carboxylic acids is 1. The van der Waals surface area contributed by atoms with E-state index >= 15 is 0 Å². The Morgan fingerprint density at radius 1 is 0.808 bits per heavy atom. The summed E-state index contributed by atoms with van der Waals surface area (Å²) in [7, 11) is 0. The van der Waals surface area contributed by atoms with E-state index < -0.39 is 18.2 Å². The van der Waals surface area contributed by atoms with Gasteiger partial charge in [0, 0.05) is 6.42 Å². The van der Waals surface area contributed by atoms with Crippen molar-refractivity contribution < 1.29 is 19.4 Å². The monoisotopic (exact) mass is 366 g/mol. The number of carboxylic acid groups (broad SMARTS) is 1. The van der Waals surface area contributed by atoms with E-state index in [1.165, 1.54) is 83.1 Å². The Morgan fingerprint density at radius 3 is 1.69 bits per heavy atom. The molecular formula is C22H38O4. The number of carbonyl (C=O) groups is 2. The van der Waals surface area contributed by atoms with E-state index in [0.29, 0.717) is 6.42 Å². The molecule has 4 heteroatoms. The predicted octanol–water partition coefficient (Wildman–Crippen LogP) is 5.84. The van der Waals surface area contributed by atoms with Crippen molar-refractivity contribution in [2.24, 2.45) is 0 Å². The standard InChI is InChI=1S/C22H38O4/c1-2-3-4-5-6-7-8-9-10-11-12-13-14-15-16-19(23)17-18-20-21(26-20)22(24)25/h17-18,20-21H,2-16H2,1H3,(H,24,25)/b18-17+. The van der Waals surface area contributed by atoms with E-state index in [-0.39, 0.29) is 5.78 Å². The van der Waals surface area contributed by atoms with Crippen molar-refractivity contribution >= 4 is 11.8 Å². The Bertz CT molecular complexity index is 416. The third-order valence-electron chi connectivity index (χ3n) is 5.02. The molecule has 2 unspecified atom stereocenters. The summed E-state index contributed by atoms with van der Waals surface area (Å²) in [6.07, 6.45) is 20.7. The van der Waals surface area contributed by atoms with Gasteiger partial charge >= 0.3 is 5.97 Å². The molecule has 150 valence electrons. The molecule has 0 aliphatic carbocycles. The first-order chi connectivity index (χ1) is 12.6. The highest BCUT2D eigenvalue weighted by molar-refractivity contribution is 5.90. The van der Waals surface area contributed by atoms with Crippen LogP contribution in [-0.2, 0) is 14.3 Å². The van der Waals surface area contributed by atoms with Crippen molar-refractivity contribution in [3.05, 3.63) is 12.2 Å². The molecule has 1 fully saturated rings. The molecule has 1 N–H and O–H groups in total. The highest BCUT2D eigenvalue weighted by Gasteiger charge is 2.43. The summed E-state index contributed by atoms with van der Waals surface area (Å²) in [5.74, 6) is -0.886. The van der Waals surface area contributed by atoms with Crippen molar-refractivity contribution in [3.8, 4) is 0 Å². The Morgan fingerprint density at radius 2 is 1.27 bits per heavy atom. The van der Waals surface area contributed by atoms with Crippen LogP contribution in [0.15, 0.2) is 12.2 Å². The first kappa shape index (κ1) is 22.9. The second-order valence-electron chi connectivity index (χ2n) is 7.53. The quantitative estimate of drug-likeness (QED) is 0.188. The molecule has 1 rings (SSSR count). The first-order valence-electron chi connectivity index (χ1n) is 10.7. The number of ether oxygens (including phenoxy) is 1. The molecule has 0 bridgehead atoms. The Labute approximate surface area is 159 Å². The van der Waals surface area contributed by atoms with Crippen molar-refractivity contribution in [1.82, 2.24) is 0 Å². The van der Waals surface area contributed by atoms with Gasteiger partial charge in [-0.25, -0.2) is 4.79 Å². The van der Waals surface area contributed by atoms with E-state index in [1.54, 1.807) is 6.08 Å². The fourth-order valence-corrected chi connectivity index (χ4v) is 3.25. The number of hydrogen-bond donors (Lipinski definition) is 1. The minimum absolute atomic E-state index is 0.0728. The summed E-state index contributed by atoms with van der Waals surface area (Å²) < 4.78 is 4.92. The molecule has 4 nitrogen and oxygen atoms in total. The predicted molar refractivity (Wildman–Crippen MR) is 105 cm³/mol. The lowest BCUT2D eigenvalue weighted by molar-refractivity contribution is -0.138. The molecule has 0 radical (unpaired) electrons. The molecule has 2 atom stereocenters. The number of unbranched alkanes of at least 4 members (excludes halogenated alkanes) is 13. The summed E-state index contributed by atoms with van der Waals surface area (Å²) in [4.78, 5) is 22.3. The molecule has 0 aromatic rings. The van der Waals surface area contributed by atoms with Gasteiger partial charge < -0.3 is 9.84 Å². The largest absolute Gasteiger partial charge is 0.479 e. The van der Waals surface area contributed by atoms with Crippen LogP contribution in [0.25, 0.3) is 0 Å². The van der Waals surface area contributed by atoms with Gasteiger partial charge in [-0.15, -0.1) is 0 Å². The maximum absolute atomic E-state index is 11.7. The molecule has 0 aromatic carbocycles. The first-order valence-corrected chi connectivity index (χ1v) is 10.7. The third kappa shape index (κ3) is 12.2. The summed E-state index contributed by atoms with van der Waals surface area (Å²) in [5, 5.41) is 8.69. The van der Waals surface area contributed by atoms with E-state index in [1.807, 2.05) is 0 Å². The molecule has 1 saturated heterocycles. The van der Waals surface area contributed by atoms with Crippen LogP contribution in [0.3, 0.4) is 0 Å². The van der Waals surface area contributed by atoms with Crippen molar-refractivity contribution in [3.63, 3.8) is 0 Å². The van der Waals surface area contributed by atoms with Crippen LogP contribution in [0.1, 0.15) is 103 Å². The van der Waals surface area contributed by atoms with Crippen molar-refractivity contribution in [1.29, 1.82) is 0 Å².